The number of rotatable bonds is 7. The topological polar surface area (TPSA) is 89.3 Å². The van der Waals surface area contributed by atoms with E-state index in [2.05, 4.69) is 11.4 Å². The van der Waals surface area contributed by atoms with E-state index in [4.69, 9.17) is 5.73 Å². The quantitative estimate of drug-likeness (QED) is 0.743. The number of allylic oxidation sites excluding steroid dienone is 2. The number of primary amides is 1. The van der Waals surface area contributed by atoms with Gasteiger partial charge in [-0.15, -0.1) is 0 Å². The Morgan fingerprint density at radius 3 is 2.79 bits per heavy atom. The van der Waals surface area contributed by atoms with Crippen LogP contribution in [0.15, 0.2) is 29.8 Å². The predicted octanol–water partition coefficient (Wildman–Crippen LogP) is 1.51. The molecule has 0 radical (unpaired) electrons. The normalized spacial score (nSPS) is 18.3. The first-order valence-electron chi connectivity index (χ1n) is 8.38. The second-order valence-electron chi connectivity index (χ2n) is 6.66. The fraction of sp³-hybridized carbons (Fsp3) is 0.421. The molecular formula is C19H22N2O3. The average molecular weight is 326 g/mol. The van der Waals surface area contributed by atoms with Crippen LogP contribution in [0, 0.1) is 5.92 Å². The summed E-state index contributed by atoms with van der Waals surface area (Å²) in [4.78, 5) is 34.5. The molecule has 1 aromatic rings. The maximum atomic E-state index is 12.4. The van der Waals surface area contributed by atoms with Crippen molar-refractivity contribution in [3.05, 3.63) is 46.5 Å². The number of carbonyl (C=O) groups excluding carboxylic acids is 3. The van der Waals surface area contributed by atoms with Crippen LogP contribution in [0.5, 0.6) is 0 Å². The van der Waals surface area contributed by atoms with Crippen molar-refractivity contribution in [3.63, 3.8) is 0 Å². The van der Waals surface area contributed by atoms with E-state index in [0.717, 1.165) is 36.1 Å². The van der Waals surface area contributed by atoms with E-state index in [1.807, 2.05) is 12.1 Å². The number of aldehydes is 1. The molecule has 0 spiro atoms. The maximum absolute atomic E-state index is 12.4. The minimum absolute atomic E-state index is 0.0110. The number of fused-ring (bicyclic) bond motifs is 1. The van der Waals surface area contributed by atoms with Crippen LogP contribution in [0.4, 0.5) is 0 Å². The molecule has 1 saturated heterocycles. The van der Waals surface area contributed by atoms with E-state index in [0.29, 0.717) is 31.6 Å². The number of ketones is 1. The molecule has 3 rings (SSSR count). The largest absolute Gasteiger partial charge is 0.369 e. The molecule has 1 fully saturated rings. The van der Waals surface area contributed by atoms with Crippen molar-refractivity contribution in [2.24, 2.45) is 11.7 Å². The van der Waals surface area contributed by atoms with Crippen LogP contribution in [-0.4, -0.2) is 31.1 Å². The Balaban J connectivity index is 1.76. The molecule has 1 aromatic carbocycles. The van der Waals surface area contributed by atoms with Crippen molar-refractivity contribution in [1.82, 2.24) is 5.32 Å². The summed E-state index contributed by atoms with van der Waals surface area (Å²) in [5.74, 6) is -0.297. The third-order valence-corrected chi connectivity index (χ3v) is 4.94. The van der Waals surface area contributed by atoms with Gasteiger partial charge in [0.25, 0.3) is 0 Å². The summed E-state index contributed by atoms with van der Waals surface area (Å²) in [6.07, 6.45) is 4.28. The van der Waals surface area contributed by atoms with Crippen molar-refractivity contribution in [2.45, 2.75) is 31.6 Å². The van der Waals surface area contributed by atoms with Gasteiger partial charge in [-0.1, -0.05) is 23.8 Å². The Labute approximate surface area is 141 Å². The molecule has 5 heteroatoms. The zero-order valence-corrected chi connectivity index (χ0v) is 13.6. The minimum Gasteiger partial charge on any atom is -0.369 e. The Hall–Kier alpha value is -2.27. The number of benzene rings is 1. The number of amides is 1. The summed E-state index contributed by atoms with van der Waals surface area (Å²) in [5.41, 5.74) is 9.40. The minimum atomic E-state index is -0.412. The third kappa shape index (κ3) is 3.46. The molecular weight excluding hydrogens is 304 g/mol. The van der Waals surface area contributed by atoms with Gasteiger partial charge in [0, 0.05) is 36.9 Å². The van der Waals surface area contributed by atoms with Crippen LogP contribution in [-0.2, 0) is 16.0 Å². The average Bonchev–Trinajstić information content (AvgIpc) is 2.49. The highest BCUT2D eigenvalue weighted by Gasteiger charge is 2.25. The van der Waals surface area contributed by atoms with Crippen LogP contribution in [0.2, 0.25) is 0 Å². The van der Waals surface area contributed by atoms with Crippen LogP contribution in [0.1, 0.15) is 46.7 Å². The molecule has 1 heterocycles. The van der Waals surface area contributed by atoms with Gasteiger partial charge >= 0.3 is 0 Å². The predicted molar refractivity (Wildman–Crippen MR) is 90.8 cm³/mol. The van der Waals surface area contributed by atoms with Gasteiger partial charge in [-0.25, -0.2) is 0 Å². The summed E-state index contributed by atoms with van der Waals surface area (Å²) >= 11 is 0. The van der Waals surface area contributed by atoms with E-state index >= 15 is 0 Å². The van der Waals surface area contributed by atoms with Gasteiger partial charge in [0.2, 0.25) is 5.91 Å². The Morgan fingerprint density at radius 1 is 1.38 bits per heavy atom. The van der Waals surface area contributed by atoms with Crippen molar-refractivity contribution in [1.29, 1.82) is 0 Å². The molecule has 3 N–H and O–H groups in total. The van der Waals surface area contributed by atoms with Gasteiger partial charge in [0.05, 0.1) is 0 Å². The first-order chi connectivity index (χ1) is 11.6. The molecule has 0 saturated carbocycles. The van der Waals surface area contributed by atoms with E-state index < -0.39 is 11.8 Å². The zero-order chi connectivity index (χ0) is 17.1. The highest BCUT2D eigenvalue weighted by Crippen LogP contribution is 2.30. The second-order valence-corrected chi connectivity index (χ2v) is 6.66. The highest BCUT2D eigenvalue weighted by molar-refractivity contribution is 6.07. The molecule has 2 aliphatic rings. The standard InChI is InChI=1S/C19H22N2O3/c20-19(24)14(2-1-5-22)6-12-7-15-9-13(16-10-21-11-16)3-4-17(15)18(23)8-12/h3-5,8-9,14,16,21H,1-2,6-7,10-11H2,(H2,20,24). The molecule has 5 nitrogen and oxygen atoms in total. The van der Waals surface area contributed by atoms with Gasteiger partial charge in [-0.3, -0.25) is 9.59 Å². The lowest BCUT2D eigenvalue weighted by Gasteiger charge is -2.29. The summed E-state index contributed by atoms with van der Waals surface area (Å²) in [6, 6.07) is 6.07. The number of hydrogen-bond acceptors (Lipinski definition) is 4. The second kappa shape index (κ2) is 7.09. The monoisotopic (exact) mass is 326 g/mol. The first-order valence-corrected chi connectivity index (χ1v) is 8.38. The Kier molecular flexibility index (Phi) is 4.90. The molecule has 24 heavy (non-hydrogen) atoms. The van der Waals surface area contributed by atoms with Crippen molar-refractivity contribution >= 4 is 18.0 Å². The fourth-order valence-electron chi connectivity index (χ4n) is 3.40. The highest BCUT2D eigenvalue weighted by atomic mass is 16.1. The smallest absolute Gasteiger partial charge is 0.220 e. The molecule has 1 aliphatic heterocycles. The van der Waals surface area contributed by atoms with Crippen molar-refractivity contribution in [3.8, 4) is 0 Å². The summed E-state index contributed by atoms with van der Waals surface area (Å²) in [7, 11) is 0. The van der Waals surface area contributed by atoms with Crippen molar-refractivity contribution < 1.29 is 14.4 Å². The molecule has 1 aliphatic carbocycles. The summed E-state index contributed by atoms with van der Waals surface area (Å²) < 4.78 is 0. The number of carbonyl (C=O) groups is 3. The van der Waals surface area contributed by atoms with Crippen LogP contribution >= 0.6 is 0 Å². The fourth-order valence-corrected chi connectivity index (χ4v) is 3.40. The van der Waals surface area contributed by atoms with Crippen LogP contribution in [0.3, 0.4) is 0 Å². The summed E-state index contributed by atoms with van der Waals surface area (Å²) in [5, 5.41) is 3.26. The lowest BCUT2D eigenvalue weighted by atomic mass is 9.82. The zero-order valence-electron chi connectivity index (χ0n) is 13.6. The third-order valence-electron chi connectivity index (χ3n) is 4.94. The maximum Gasteiger partial charge on any atom is 0.220 e. The number of nitrogens with one attached hydrogen (secondary N) is 1. The molecule has 1 amide bonds. The van der Waals surface area contributed by atoms with Gasteiger partial charge < -0.3 is 15.8 Å². The molecule has 0 bridgehead atoms. The van der Waals surface area contributed by atoms with Crippen molar-refractivity contribution in [2.75, 3.05) is 13.1 Å². The van der Waals surface area contributed by atoms with E-state index in [1.165, 1.54) is 5.56 Å². The SMILES string of the molecule is NC(=O)C(CCC=O)CC1=CC(=O)c2ccc(C3CNC3)cc2C1. The number of nitrogens with two attached hydrogens (primary N) is 1. The van der Waals surface area contributed by atoms with E-state index in [1.54, 1.807) is 6.08 Å². The first kappa shape index (κ1) is 16.6. The Bertz CT molecular complexity index is 705. The molecule has 126 valence electrons. The lowest BCUT2D eigenvalue weighted by Crippen LogP contribution is -2.39. The molecule has 1 atom stereocenters. The molecule has 0 aromatic heterocycles. The van der Waals surface area contributed by atoms with Gasteiger partial charge in [0.15, 0.2) is 5.78 Å². The van der Waals surface area contributed by atoms with Gasteiger partial charge in [0.1, 0.15) is 6.29 Å². The number of hydrogen-bond donors (Lipinski definition) is 2. The lowest BCUT2D eigenvalue weighted by molar-refractivity contribution is -0.122. The van der Waals surface area contributed by atoms with E-state index in [9.17, 15) is 14.4 Å². The van der Waals surface area contributed by atoms with Gasteiger partial charge in [-0.05, 0) is 36.5 Å². The summed E-state index contributed by atoms with van der Waals surface area (Å²) in [6.45, 7) is 1.95. The molecule has 1 unspecified atom stereocenters. The van der Waals surface area contributed by atoms with Crippen LogP contribution < -0.4 is 11.1 Å². The Morgan fingerprint density at radius 2 is 2.17 bits per heavy atom. The van der Waals surface area contributed by atoms with Crippen LogP contribution in [0.25, 0.3) is 0 Å². The van der Waals surface area contributed by atoms with Gasteiger partial charge in [-0.2, -0.15) is 0 Å². The van der Waals surface area contributed by atoms with E-state index in [-0.39, 0.29) is 5.78 Å².